The van der Waals surface area contributed by atoms with Gasteiger partial charge in [0.05, 0.1) is 6.61 Å². The average molecular weight is 259 g/mol. The molecule has 19 heavy (non-hydrogen) atoms. The van der Waals surface area contributed by atoms with E-state index in [1.165, 1.54) is 30.4 Å². The van der Waals surface area contributed by atoms with E-state index in [1.807, 2.05) is 0 Å². The van der Waals surface area contributed by atoms with Crippen LogP contribution < -0.4 is 10.5 Å². The minimum absolute atomic E-state index is 0.158. The number of para-hydroxylation sites is 1. The fourth-order valence-electron chi connectivity index (χ4n) is 3.65. The molecule has 1 heterocycles. The van der Waals surface area contributed by atoms with Crippen LogP contribution in [0.1, 0.15) is 56.6 Å². The first kappa shape index (κ1) is 13.0. The van der Waals surface area contributed by atoms with Crippen LogP contribution in [0.5, 0.6) is 5.75 Å². The number of hydrogen-bond acceptors (Lipinski definition) is 2. The molecule has 0 radical (unpaired) electrons. The highest BCUT2D eigenvalue weighted by Gasteiger charge is 2.35. The summed E-state index contributed by atoms with van der Waals surface area (Å²) in [5.41, 5.74) is 9.20. The SMILES string of the molecule is CCC1CCC(N)(c2cccc3c2OCCC3)CC1. The Bertz CT molecular complexity index is 447. The molecular weight excluding hydrogens is 234 g/mol. The summed E-state index contributed by atoms with van der Waals surface area (Å²) in [6, 6.07) is 6.54. The molecule has 1 aliphatic heterocycles. The zero-order valence-corrected chi connectivity index (χ0v) is 12.0. The first-order valence-electron chi connectivity index (χ1n) is 7.77. The quantitative estimate of drug-likeness (QED) is 0.877. The van der Waals surface area contributed by atoms with Crippen molar-refractivity contribution in [2.45, 2.75) is 57.4 Å². The minimum Gasteiger partial charge on any atom is -0.493 e. The zero-order valence-electron chi connectivity index (χ0n) is 12.0. The van der Waals surface area contributed by atoms with Gasteiger partial charge in [0.15, 0.2) is 0 Å². The summed E-state index contributed by atoms with van der Waals surface area (Å²) in [7, 11) is 0. The molecule has 1 aromatic carbocycles. The standard InChI is InChI=1S/C17H25NO/c1-2-13-8-10-17(18,11-9-13)15-7-3-5-14-6-4-12-19-16(14)15/h3,5,7,13H,2,4,6,8-12,18H2,1H3. The Morgan fingerprint density at radius 3 is 2.84 bits per heavy atom. The smallest absolute Gasteiger partial charge is 0.127 e. The van der Waals surface area contributed by atoms with Crippen molar-refractivity contribution in [2.75, 3.05) is 6.61 Å². The summed E-state index contributed by atoms with van der Waals surface area (Å²) < 4.78 is 5.95. The van der Waals surface area contributed by atoms with Crippen molar-refractivity contribution in [3.63, 3.8) is 0 Å². The maximum atomic E-state index is 6.74. The second-order valence-corrected chi connectivity index (χ2v) is 6.25. The Morgan fingerprint density at radius 2 is 2.11 bits per heavy atom. The van der Waals surface area contributed by atoms with Gasteiger partial charge < -0.3 is 10.5 Å². The highest BCUT2D eigenvalue weighted by atomic mass is 16.5. The van der Waals surface area contributed by atoms with Crippen LogP contribution in [0.2, 0.25) is 0 Å². The number of fused-ring (bicyclic) bond motifs is 1. The Kier molecular flexibility index (Phi) is 3.53. The summed E-state index contributed by atoms with van der Waals surface area (Å²) in [5.74, 6) is 1.98. The number of aryl methyl sites for hydroxylation is 1. The lowest BCUT2D eigenvalue weighted by Crippen LogP contribution is -2.41. The van der Waals surface area contributed by atoms with E-state index in [1.54, 1.807) is 0 Å². The number of benzene rings is 1. The maximum absolute atomic E-state index is 6.74. The molecule has 2 heteroatoms. The number of rotatable bonds is 2. The van der Waals surface area contributed by atoms with Crippen LogP contribution in [0.3, 0.4) is 0 Å². The van der Waals surface area contributed by atoms with Gasteiger partial charge in [-0.25, -0.2) is 0 Å². The van der Waals surface area contributed by atoms with E-state index < -0.39 is 0 Å². The molecule has 0 bridgehead atoms. The summed E-state index contributed by atoms with van der Waals surface area (Å²) in [6.07, 6.45) is 8.28. The average Bonchev–Trinajstić information content (AvgIpc) is 2.47. The fourth-order valence-corrected chi connectivity index (χ4v) is 3.65. The van der Waals surface area contributed by atoms with Gasteiger partial charge in [-0.2, -0.15) is 0 Å². The van der Waals surface area contributed by atoms with Gasteiger partial charge in [0.1, 0.15) is 5.75 Å². The van der Waals surface area contributed by atoms with E-state index in [2.05, 4.69) is 25.1 Å². The zero-order chi connectivity index (χ0) is 13.3. The maximum Gasteiger partial charge on any atom is 0.127 e. The van der Waals surface area contributed by atoms with Crippen molar-refractivity contribution in [3.05, 3.63) is 29.3 Å². The van der Waals surface area contributed by atoms with Crippen molar-refractivity contribution in [1.82, 2.24) is 0 Å². The van der Waals surface area contributed by atoms with Gasteiger partial charge >= 0.3 is 0 Å². The van der Waals surface area contributed by atoms with E-state index in [-0.39, 0.29) is 5.54 Å². The normalized spacial score (nSPS) is 30.5. The van der Waals surface area contributed by atoms with Crippen LogP contribution in [0, 0.1) is 5.92 Å². The van der Waals surface area contributed by atoms with Crippen molar-refractivity contribution in [3.8, 4) is 5.75 Å². The van der Waals surface area contributed by atoms with Crippen molar-refractivity contribution < 1.29 is 4.74 Å². The van der Waals surface area contributed by atoms with E-state index in [4.69, 9.17) is 10.5 Å². The van der Waals surface area contributed by atoms with E-state index in [0.717, 1.165) is 44.0 Å². The molecule has 1 aliphatic carbocycles. The number of hydrogen-bond donors (Lipinski definition) is 1. The topological polar surface area (TPSA) is 35.2 Å². The first-order chi connectivity index (χ1) is 9.23. The largest absolute Gasteiger partial charge is 0.493 e. The Hall–Kier alpha value is -1.02. The van der Waals surface area contributed by atoms with Crippen molar-refractivity contribution in [2.24, 2.45) is 11.7 Å². The second kappa shape index (κ2) is 5.16. The molecule has 1 saturated carbocycles. The Balaban J connectivity index is 1.89. The predicted molar refractivity (Wildman–Crippen MR) is 78.4 cm³/mol. The monoisotopic (exact) mass is 259 g/mol. The molecular formula is C17H25NO. The highest BCUT2D eigenvalue weighted by Crippen LogP contribution is 2.43. The molecule has 0 aromatic heterocycles. The summed E-state index contributed by atoms with van der Waals surface area (Å²) >= 11 is 0. The lowest BCUT2D eigenvalue weighted by Gasteiger charge is -2.39. The molecule has 0 saturated heterocycles. The van der Waals surface area contributed by atoms with E-state index >= 15 is 0 Å². The van der Waals surface area contributed by atoms with Crippen LogP contribution in [0.4, 0.5) is 0 Å². The summed E-state index contributed by atoms with van der Waals surface area (Å²) in [5, 5.41) is 0. The lowest BCUT2D eigenvalue weighted by molar-refractivity contribution is 0.217. The molecule has 0 unspecified atom stereocenters. The number of nitrogens with two attached hydrogens (primary N) is 1. The second-order valence-electron chi connectivity index (χ2n) is 6.25. The molecule has 2 aliphatic rings. The third kappa shape index (κ3) is 2.38. The first-order valence-corrected chi connectivity index (χ1v) is 7.77. The molecule has 2 nitrogen and oxygen atoms in total. The fraction of sp³-hybridized carbons (Fsp3) is 0.647. The summed E-state index contributed by atoms with van der Waals surface area (Å²) in [4.78, 5) is 0. The molecule has 1 fully saturated rings. The van der Waals surface area contributed by atoms with Gasteiger partial charge in [-0.1, -0.05) is 31.5 Å². The Morgan fingerprint density at radius 1 is 1.32 bits per heavy atom. The summed E-state index contributed by atoms with van der Waals surface area (Å²) in [6.45, 7) is 3.14. The predicted octanol–water partition coefficient (Wildman–Crippen LogP) is 3.77. The molecule has 0 atom stereocenters. The third-order valence-electron chi connectivity index (χ3n) is 5.04. The molecule has 0 amide bonds. The van der Waals surface area contributed by atoms with Gasteiger partial charge in [0.2, 0.25) is 0 Å². The molecule has 3 rings (SSSR count). The van der Waals surface area contributed by atoms with Gasteiger partial charge in [0.25, 0.3) is 0 Å². The van der Waals surface area contributed by atoms with Crippen LogP contribution >= 0.6 is 0 Å². The molecule has 104 valence electrons. The molecule has 0 spiro atoms. The highest BCUT2D eigenvalue weighted by molar-refractivity contribution is 5.46. The van der Waals surface area contributed by atoms with Crippen LogP contribution in [0.15, 0.2) is 18.2 Å². The molecule has 1 aromatic rings. The van der Waals surface area contributed by atoms with Gasteiger partial charge in [-0.05, 0) is 50.0 Å². The molecule has 2 N–H and O–H groups in total. The van der Waals surface area contributed by atoms with Crippen LogP contribution in [-0.4, -0.2) is 6.61 Å². The van der Waals surface area contributed by atoms with Crippen molar-refractivity contribution in [1.29, 1.82) is 0 Å². The van der Waals surface area contributed by atoms with Crippen LogP contribution in [-0.2, 0) is 12.0 Å². The minimum atomic E-state index is -0.158. The van der Waals surface area contributed by atoms with Crippen molar-refractivity contribution >= 4 is 0 Å². The van der Waals surface area contributed by atoms with Crippen LogP contribution in [0.25, 0.3) is 0 Å². The lowest BCUT2D eigenvalue weighted by atomic mass is 9.72. The van der Waals surface area contributed by atoms with Gasteiger partial charge in [-0.3, -0.25) is 0 Å². The third-order valence-corrected chi connectivity index (χ3v) is 5.04. The number of ether oxygens (including phenoxy) is 1. The van der Waals surface area contributed by atoms with Gasteiger partial charge in [-0.15, -0.1) is 0 Å². The Labute approximate surface area is 116 Å². The van der Waals surface area contributed by atoms with E-state index in [9.17, 15) is 0 Å². The van der Waals surface area contributed by atoms with E-state index in [0.29, 0.717) is 0 Å². The van der Waals surface area contributed by atoms with Gasteiger partial charge in [0, 0.05) is 11.1 Å².